The van der Waals surface area contributed by atoms with Gasteiger partial charge in [-0.1, -0.05) is 39.0 Å². The van der Waals surface area contributed by atoms with Crippen molar-refractivity contribution in [2.45, 2.75) is 47.0 Å². The molecule has 0 atom stereocenters. The van der Waals surface area contributed by atoms with Crippen LogP contribution in [0, 0.1) is 5.41 Å². The van der Waals surface area contributed by atoms with Gasteiger partial charge in [-0.05, 0) is 56.5 Å². The summed E-state index contributed by atoms with van der Waals surface area (Å²) in [7, 11) is 1.97. The zero-order valence-electron chi connectivity index (χ0n) is 22.7. The van der Waals surface area contributed by atoms with Gasteiger partial charge < -0.3 is 20.0 Å². The van der Waals surface area contributed by atoms with Crippen molar-refractivity contribution >= 4 is 39.8 Å². The SMILES string of the molecule is CCN(C)c1cc(NC(=O)C(CC)(CC)CC)c2cc3cc(C(=O)Nc4ccccc4)c(=O)cc-3oc2c1. The van der Waals surface area contributed by atoms with Crippen LogP contribution < -0.4 is 21.0 Å². The fraction of sp³-hybridized carbons (Fsp3) is 0.323. The minimum atomic E-state index is -0.490. The van der Waals surface area contributed by atoms with E-state index >= 15 is 0 Å². The Morgan fingerprint density at radius 3 is 2.21 bits per heavy atom. The number of nitrogens with one attached hydrogen (secondary N) is 2. The highest BCUT2D eigenvalue weighted by Crippen LogP contribution is 2.38. The Morgan fingerprint density at radius 1 is 0.895 bits per heavy atom. The number of amides is 2. The van der Waals surface area contributed by atoms with Gasteiger partial charge in [-0.3, -0.25) is 14.4 Å². The van der Waals surface area contributed by atoms with Crippen LogP contribution in [-0.2, 0) is 4.79 Å². The Labute approximate surface area is 223 Å². The van der Waals surface area contributed by atoms with Crippen LogP contribution in [0.2, 0.25) is 0 Å². The van der Waals surface area contributed by atoms with Gasteiger partial charge in [0.2, 0.25) is 5.91 Å². The largest absolute Gasteiger partial charge is 0.456 e. The van der Waals surface area contributed by atoms with E-state index in [2.05, 4.69) is 15.5 Å². The Hall–Kier alpha value is -4.13. The third-order valence-electron chi connectivity index (χ3n) is 7.71. The van der Waals surface area contributed by atoms with E-state index in [0.717, 1.165) is 31.5 Å². The molecule has 0 fully saturated rings. The molecule has 0 spiro atoms. The second-order valence-corrected chi connectivity index (χ2v) is 9.67. The molecule has 38 heavy (non-hydrogen) atoms. The average Bonchev–Trinajstić information content (AvgIpc) is 2.93. The average molecular weight is 514 g/mol. The van der Waals surface area contributed by atoms with Gasteiger partial charge in [-0.25, -0.2) is 0 Å². The molecule has 0 aromatic heterocycles. The molecule has 2 aromatic carbocycles. The highest BCUT2D eigenvalue weighted by molar-refractivity contribution is 6.07. The summed E-state index contributed by atoms with van der Waals surface area (Å²) in [6.45, 7) is 8.92. The fourth-order valence-corrected chi connectivity index (χ4v) is 4.79. The molecule has 0 bridgehead atoms. The van der Waals surface area contributed by atoms with E-state index in [0.29, 0.717) is 33.7 Å². The maximum Gasteiger partial charge on any atom is 0.259 e. The molecular formula is C31H35N3O4. The molecule has 7 heteroatoms. The van der Waals surface area contributed by atoms with E-state index in [9.17, 15) is 14.4 Å². The number of anilines is 3. The first kappa shape index (κ1) is 26.9. The zero-order valence-corrected chi connectivity index (χ0v) is 22.7. The number of nitrogens with zero attached hydrogens (tertiary/aromatic N) is 1. The van der Waals surface area contributed by atoms with Crippen molar-refractivity contribution in [3.63, 3.8) is 0 Å². The first-order chi connectivity index (χ1) is 18.2. The number of carbonyl (C=O) groups is 2. The highest BCUT2D eigenvalue weighted by atomic mass is 16.3. The minimum absolute atomic E-state index is 0.0193. The van der Waals surface area contributed by atoms with Gasteiger partial charge in [0, 0.05) is 53.5 Å². The third kappa shape index (κ3) is 5.14. The summed E-state index contributed by atoms with van der Waals surface area (Å²) in [5.41, 5.74) is 2.38. The standard InChI is InChI=1S/C31H35N3O4/c1-6-31(7-2,8-3)30(37)33-25-17-22(34(5)9-4)18-28-23(25)15-20-16-24(26(35)19-27(20)38-28)29(36)32-21-13-11-10-12-14-21/h10-19H,6-9H2,1-5H3,(H,32,36)(H,33,37). The van der Waals surface area contributed by atoms with E-state index in [1.54, 1.807) is 18.2 Å². The summed E-state index contributed by atoms with van der Waals surface area (Å²) in [6, 6.07) is 17.6. The first-order valence-electron chi connectivity index (χ1n) is 13.2. The van der Waals surface area contributed by atoms with Crippen LogP contribution in [0.5, 0.6) is 0 Å². The number of hydrogen-bond acceptors (Lipinski definition) is 5. The van der Waals surface area contributed by atoms with Crippen molar-refractivity contribution in [2.24, 2.45) is 5.41 Å². The lowest BCUT2D eigenvalue weighted by molar-refractivity contribution is -0.126. The lowest BCUT2D eigenvalue weighted by atomic mass is 9.79. The number of fused-ring (bicyclic) bond motifs is 2. The summed E-state index contributed by atoms with van der Waals surface area (Å²) in [4.78, 5) is 41.3. The number of benzene rings is 3. The fourth-order valence-electron chi connectivity index (χ4n) is 4.79. The van der Waals surface area contributed by atoms with Gasteiger partial charge in [0.25, 0.3) is 5.91 Å². The summed E-state index contributed by atoms with van der Waals surface area (Å²) >= 11 is 0. The Balaban J connectivity index is 1.84. The van der Waals surface area contributed by atoms with E-state index in [1.807, 2.05) is 71.1 Å². The maximum absolute atomic E-state index is 13.5. The van der Waals surface area contributed by atoms with Gasteiger partial charge in [0.15, 0.2) is 5.43 Å². The molecule has 2 amide bonds. The molecule has 198 valence electrons. The molecular weight excluding hydrogens is 478 g/mol. The summed E-state index contributed by atoms with van der Waals surface area (Å²) in [5, 5.41) is 6.64. The van der Waals surface area contributed by atoms with Crippen LogP contribution in [-0.4, -0.2) is 25.4 Å². The molecule has 2 N–H and O–H groups in total. The molecule has 4 rings (SSSR count). The second kappa shape index (κ2) is 11.1. The van der Waals surface area contributed by atoms with Crippen LogP contribution in [0.15, 0.2) is 69.9 Å². The van der Waals surface area contributed by atoms with Crippen LogP contribution in [0.4, 0.5) is 17.1 Å². The number of hydrogen-bond donors (Lipinski definition) is 2. The van der Waals surface area contributed by atoms with Gasteiger partial charge in [0.05, 0.1) is 11.3 Å². The smallest absolute Gasteiger partial charge is 0.259 e. The van der Waals surface area contributed by atoms with Crippen LogP contribution in [0.1, 0.15) is 57.3 Å². The maximum atomic E-state index is 13.5. The van der Waals surface area contributed by atoms with Gasteiger partial charge in [0.1, 0.15) is 11.3 Å². The Bertz CT molecular complexity index is 1480. The molecule has 2 aliphatic rings. The molecule has 7 nitrogen and oxygen atoms in total. The van der Waals surface area contributed by atoms with Crippen molar-refractivity contribution in [3.05, 3.63) is 76.5 Å². The van der Waals surface area contributed by atoms with Crippen molar-refractivity contribution in [3.8, 4) is 11.3 Å². The molecule has 0 saturated heterocycles. The minimum Gasteiger partial charge on any atom is -0.456 e. The zero-order chi connectivity index (χ0) is 27.4. The lowest BCUT2D eigenvalue weighted by Gasteiger charge is -2.29. The summed E-state index contributed by atoms with van der Waals surface area (Å²) in [5.74, 6) is -0.145. The summed E-state index contributed by atoms with van der Waals surface area (Å²) in [6.07, 6.45) is 2.20. The second-order valence-electron chi connectivity index (χ2n) is 9.67. The topological polar surface area (TPSA) is 91.7 Å². The number of para-hydroxylation sites is 1. The van der Waals surface area contributed by atoms with Crippen molar-refractivity contribution in [1.29, 1.82) is 0 Å². The molecule has 0 unspecified atom stereocenters. The predicted molar refractivity (Wildman–Crippen MR) is 154 cm³/mol. The van der Waals surface area contributed by atoms with Crippen LogP contribution in [0.25, 0.3) is 22.3 Å². The van der Waals surface area contributed by atoms with E-state index in [-0.39, 0.29) is 11.5 Å². The molecule has 0 radical (unpaired) electrons. The highest BCUT2D eigenvalue weighted by Gasteiger charge is 2.33. The van der Waals surface area contributed by atoms with E-state index < -0.39 is 16.8 Å². The quantitative estimate of drug-likeness (QED) is 0.241. The predicted octanol–water partition coefficient (Wildman–Crippen LogP) is 6.76. The normalized spacial score (nSPS) is 11.5. The molecule has 1 heterocycles. The summed E-state index contributed by atoms with van der Waals surface area (Å²) < 4.78 is 6.19. The van der Waals surface area contributed by atoms with Crippen LogP contribution in [0.3, 0.4) is 0 Å². The van der Waals surface area contributed by atoms with Gasteiger partial charge >= 0.3 is 0 Å². The monoisotopic (exact) mass is 513 g/mol. The third-order valence-corrected chi connectivity index (χ3v) is 7.71. The molecule has 1 aliphatic carbocycles. The van der Waals surface area contributed by atoms with Gasteiger partial charge in [-0.15, -0.1) is 0 Å². The lowest BCUT2D eigenvalue weighted by Crippen LogP contribution is -2.34. The number of carbonyl (C=O) groups excluding carboxylic acids is 2. The van der Waals surface area contributed by atoms with E-state index in [4.69, 9.17) is 4.42 Å². The van der Waals surface area contributed by atoms with E-state index in [1.165, 1.54) is 6.07 Å². The van der Waals surface area contributed by atoms with Crippen molar-refractivity contribution < 1.29 is 14.0 Å². The Kier molecular flexibility index (Phi) is 7.86. The first-order valence-corrected chi connectivity index (χ1v) is 13.2. The molecule has 2 aromatic rings. The Morgan fingerprint density at radius 2 is 1.58 bits per heavy atom. The molecule has 1 aliphatic heterocycles. The molecule has 0 saturated carbocycles. The number of rotatable bonds is 9. The van der Waals surface area contributed by atoms with Gasteiger partial charge in [-0.2, -0.15) is 0 Å². The van der Waals surface area contributed by atoms with Crippen LogP contribution >= 0.6 is 0 Å². The van der Waals surface area contributed by atoms with Crippen molar-refractivity contribution in [2.75, 3.05) is 29.1 Å². The van der Waals surface area contributed by atoms with Crippen molar-refractivity contribution in [1.82, 2.24) is 0 Å².